The van der Waals surface area contributed by atoms with Gasteiger partial charge in [-0.3, -0.25) is 4.79 Å². The first kappa shape index (κ1) is 18.7. The highest BCUT2D eigenvalue weighted by molar-refractivity contribution is 6.08. The standard InChI is InChI=1S/C23H26N2O3/c1-2-27-15-16-12-19-20(14-26)22(17-6-4-3-5-7-17)25-23(19)21(13-16)24-18-8-10-28-11-9-18/h3-7,12-14,18,24-25H,2,8-11,15H2,1H3. The fraction of sp³-hybridized carbons (Fsp3) is 0.348. The number of anilines is 1. The monoisotopic (exact) mass is 378 g/mol. The Bertz CT molecular complexity index is 943. The number of benzene rings is 2. The zero-order valence-electron chi connectivity index (χ0n) is 16.2. The second-order valence-corrected chi connectivity index (χ2v) is 7.13. The van der Waals surface area contributed by atoms with Crippen LogP contribution in [0.3, 0.4) is 0 Å². The summed E-state index contributed by atoms with van der Waals surface area (Å²) in [6, 6.07) is 14.5. The van der Waals surface area contributed by atoms with Crippen molar-refractivity contribution in [2.75, 3.05) is 25.1 Å². The van der Waals surface area contributed by atoms with Gasteiger partial charge >= 0.3 is 0 Å². The Balaban J connectivity index is 1.82. The maximum atomic E-state index is 12.0. The highest BCUT2D eigenvalue weighted by Gasteiger charge is 2.19. The van der Waals surface area contributed by atoms with Gasteiger partial charge in [-0.2, -0.15) is 0 Å². The van der Waals surface area contributed by atoms with E-state index in [1.165, 1.54) is 0 Å². The quantitative estimate of drug-likeness (QED) is 0.581. The summed E-state index contributed by atoms with van der Waals surface area (Å²) in [5, 5.41) is 4.61. The number of aromatic nitrogens is 1. The van der Waals surface area contributed by atoms with Crippen molar-refractivity contribution >= 4 is 22.9 Å². The minimum Gasteiger partial charge on any atom is -0.381 e. The Morgan fingerprint density at radius 3 is 2.71 bits per heavy atom. The number of hydrogen-bond acceptors (Lipinski definition) is 4. The van der Waals surface area contributed by atoms with Crippen LogP contribution < -0.4 is 5.32 Å². The van der Waals surface area contributed by atoms with Gasteiger partial charge in [0.05, 0.1) is 23.5 Å². The summed E-state index contributed by atoms with van der Waals surface area (Å²) < 4.78 is 11.1. The van der Waals surface area contributed by atoms with Gasteiger partial charge in [-0.1, -0.05) is 30.3 Å². The van der Waals surface area contributed by atoms with E-state index in [2.05, 4.69) is 22.4 Å². The van der Waals surface area contributed by atoms with E-state index in [1.807, 2.05) is 37.3 Å². The van der Waals surface area contributed by atoms with Gasteiger partial charge in [-0.15, -0.1) is 0 Å². The number of carbonyl (C=O) groups is 1. The summed E-state index contributed by atoms with van der Waals surface area (Å²) in [7, 11) is 0. The maximum Gasteiger partial charge on any atom is 0.152 e. The van der Waals surface area contributed by atoms with Crippen molar-refractivity contribution < 1.29 is 14.3 Å². The predicted molar refractivity (Wildman–Crippen MR) is 112 cm³/mol. The largest absolute Gasteiger partial charge is 0.381 e. The molecule has 5 heteroatoms. The molecule has 2 heterocycles. The maximum absolute atomic E-state index is 12.0. The molecular weight excluding hydrogens is 352 g/mol. The van der Waals surface area contributed by atoms with Crippen molar-refractivity contribution in [2.24, 2.45) is 0 Å². The second-order valence-electron chi connectivity index (χ2n) is 7.13. The number of ether oxygens (including phenoxy) is 2. The summed E-state index contributed by atoms with van der Waals surface area (Å²) in [5.74, 6) is 0. The van der Waals surface area contributed by atoms with Gasteiger partial charge in [-0.25, -0.2) is 0 Å². The average molecular weight is 378 g/mol. The van der Waals surface area contributed by atoms with Crippen molar-refractivity contribution in [3.63, 3.8) is 0 Å². The van der Waals surface area contributed by atoms with Crippen molar-refractivity contribution in [3.8, 4) is 11.3 Å². The molecule has 1 fully saturated rings. The zero-order valence-corrected chi connectivity index (χ0v) is 16.2. The third-order valence-corrected chi connectivity index (χ3v) is 5.24. The molecule has 2 aromatic carbocycles. The fourth-order valence-corrected chi connectivity index (χ4v) is 3.81. The fourth-order valence-electron chi connectivity index (χ4n) is 3.81. The van der Waals surface area contributed by atoms with Gasteiger partial charge in [0.1, 0.15) is 0 Å². The van der Waals surface area contributed by atoms with Crippen LogP contribution in [0.4, 0.5) is 5.69 Å². The van der Waals surface area contributed by atoms with Crippen LogP contribution in [-0.2, 0) is 16.1 Å². The first-order valence-electron chi connectivity index (χ1n) is 9.91. The Hall–Kier alpha value is -2.63. The van der Waals surface area contributed by atoms with Crippen molar-refractivity contribution in [2.45, 2.75) is 32.4 Å². The Kier molecular flexibility index (Phi) is 5.74. The molecule has 1 aliphatic rings. The lowest BCUT2D eigenvalue weighted by atomic mass is 10.0. The lowest BCUT2D eigenvalue weighted by molar-refractivity contribution is 0.0904. The summed E-state index contributed by atoms with van der Waals surface area (Å²) in [4.78, 5) is 15.5. The van der Waals surface area contributed by atoms with Crippen LogP contribution in [0.2, 0.25) is 0 Å². The molecule has 0 aliphatic carbocycles. The minimum atomic E-state index is 0.363. The van der Waals surface area contributed by atoms with E-state index in [0.29, 0.717) is 24.8 Å². The number of aldehydes is 1. The third-order valence-electron chi connectivity index (χ3n) is 5.24. The molecule has 0 amide bonds. The number of H-pyrrole nitrogens is 1. The van der Waals surface area contributed by atoms with Crippen LogP contribution in [0.1, 0.15) is 35.7 Å². The van der Waals surface area contributed by atoms with E-state index in [0.717, 1.165) is 65.8 Å². The van der Waals surface area contributed by atoms with Gasteiger partial charge in [0.15, 0.2) is 6.29 Å². The average Bonchev–Trinajstić information content (AvgIpc) is 3.12. The molecular formula is C23H26N2O3. The van der Waals surface area contributed by atoms with E-state index in [-0.39, 0.29) is 0 Å². The summed E-state index contributed by atoms with van der Waals surface area (Å²) in [6.07, 6.45) is 2.90. The molecule has 28 heavy (non-hydrogen) atoms. The molecule has 0 atom stereocenters. The smallest absolute Gasteiger partial charge is 0.152 e. The van der Waals surface area contributed by atoms with E-state index < -0.39 is 0 Å². The normalized spacial score (nSPS) is 15.0. The molecule has 0 unspecified atom stereocenters. The molecule has 2 N–H and O–H groups in total. The highest BCUT2D eigenvalue weighted by Crippen LogP contribution is 2.35. The third kappa shape index (κ3) is 3.81. The van der Waals surface area contributed by atoms with Crippen LogP contribution in [0.25, 0.3) is 22.2 Å². The van der Waals surface area contributed by atoms with E-state index in [4.69, 9.17) is 9.47 Å². The number of carbonyl (C=O) groups excluding carboxylic acids is 1. The summed E-state index contributed by atoms with van der Waals surface area (Å²) in [5.41, 5.74) is 5.59. The number of rotatable bonds is 7. The molecule has 0 spiro atoms. The molecule has 0 radical (unpaired) electrons. The van der Waals surface area contributed by atoms with Gasteiger partial charge in [0.25, 0.3) is 0 Å². The van der Waals surface area contributed by atoms with Crippen LogP contribution >= 0.6 is 0 Å². The molecule has 1 aliphatic heterocycles. The van der Waals surface area contributed by atoms with E-state index >= 15 is 0 Å². The first-order chi connectivity index (χ1) is 13.8. The summed E-state index contributed by atoms with van der Waals surface area (Å²) in [6.45, 7) is 4.72. The highest BCUT2D eigenvalue weighted by atomic mass is 16.5. The molecule has 1 saturated heterocycles. The molecule has 146 valence electrons. The molecule has 0 bridgehead atoms. The lowest BCUT2D eigenvalue weighted by Gasteiger charge is -2.24. The van der Waals surface area contributed by atoms with Crippen molar-refractivity contribution in [1.29, 1.82) is 0 Å². The van der Waals surface area contributed by atoms with Gasteiger partial charge in [0.2, 0.25) is 0 Å². The van der Waals surface area contributed by atoms with Crippen LogP contribution in [0, 0.1) is 0 Å². The number of aromatic amines is 1. The molecule has 1 aromatic heterocycles. The van der Waals surface area contributed by atoms with E-state index in [1.54, 1.807) is 0 Å². The Morgan fingerprint density at radius 1 is 1.21 bits per heavy atom. The van der Waals surface area contributed by atoms with Crippen molar-refractivity contribution in [1.82, 2.24) is 4.98 Å². The molecule has 3 aromatic rings. The zero-order chi connectivity index (χ0) is 19.3. The predicted octanol–water partition coefficient (Wildman–Crippen LogP) is 4.77. The van der Waals surface area contributed by atoms with Gasteiger partial charge in [-0.05, 0) is 43.0 Å². The van der Waals surface area contributed by atoms with Crippen LogP contribution in [-0.4, -0.2) is 37.1 Å². The number of hydrogen-bond donors (Lipinski definition) is 2. The SMILES string of the molecule is CCOCc1cc(NC2CCOCC2)c2[nH]c(-c3ccccc3)c(C=O)c2c1. The second kappa shape index (κ2) is 8.59. The molecule has 4 rings (SSSR count). The van der Waals surface area contributed by atoms with Gasteiger partial charge < -0.3 is 19.8 Å². The molecule has 0 saturated carbocycles. The van der Waals surface area contributed by atoms with E-state index in [9.17, 15) is 4.79 Å². The Morgan fingerprint density at radius 2 is 2.00 bits per heavy atom. The van der Waals surface area contributed by atoms with Crippen LogP contribution in [0.5, 0.6) is 0 Å². The topological polar surface area (TPSA) is 63.4 Å². The molecule has 5 nitrogen and oxygen atoms in total. The van der Waals surface area contributed by atoms with Gasteiger partial charge in [0, 0.05) is 36.8 Å². The number of fused-ring (bicyclic) bond motifs is 1. The minimum absolute atomic E-state index is 0.363. The summed E-state index contributed by atoms with van der Waals surface area (Å²) >= 11 is 0. The lowest BCUT2D eigenvalue weighted by Crippen LogP contribution is -2.28. The Labute approximate surface area is 165 Å². The van der Waals surface area contributed by atoms with Crippen molar-refractivity contribution in [3.05, 3.63) is 53.6 Å². The first-order valence-corrected chi connectivity index (χ1v) is 9.91. The van der Waals surface area contributed by atoms with Crippen LogP contribution in [0.15, 0.2) is 42.5 Å². The number of nitrogens with one attached hydrogen (secondary N) is 2.